The maximum atomic E-state index is 11.0. The van der Waals surface area contributed by atoms with Gasteiger partial charge in [0, 0.05) is 50.5 Å². The van der Waals surface area contributed by atoms with Crippen LogP contribution in [0.15, 0.2) is 40.6 Å². The van der Waals surface area contributed by atoms with Crippen molar-refractivity contribution >= 4 is 70.4 Å². The number of thiophene rings is 1. The van der Waals surface area contributed by atoms with Crippen LogP contribution < -0.4 is 0 Å². The molecule has 1 heterocycles. The van der Waals surface area contributed by atoms with Crippen molar-refractivity contribution in [1.82, 2.24) is 0 Å². The van der Waals surface area contributed by atoms with Crippen molar-refractivity contribution in [2.75, 3.05) is 0 Å². The number of halogens is 1. The molecule has 0 aliphatic carbocycles. The van der Waals surface area contributed by atoms with E-state index in [2.05, 4.69) is 12.6 Å². The molecule has 0 atom stereocenters. The molecule has 1 aromatic heterocycles. The van der Waals surface area contributed by atoms with E-state index < -0.39 is 5.24 Å². The predicted octanol–water partition coefficient (Wildman–Crippen LogP) is 3.70. The molecule has 2 aromatic rings. The van der Waals surface area contributed by atoms with Crippen LogP contribution in [0.3, 0.4) is 0 Å². The molecule has 0 aliphatic rings. The van der Waals surface area contributed by atoms with E-state index in [1.807, 2.05) is 17.5 Å². The first-order valence-corrected chi connectivity index (χ1v) is 5.95. The molecular weight excluding hydrogens is 271 g/mol. The molecule has 1 nitrogen and oxygen atoms in total. The Morgan fingerprint density at radius 1 is 1.31 bits per heavy atom. The molecule has 0 aliphatic heterocycles. The fraction of sp³-hybridized carbons (Fsp3) is 0. The van der Waals surface area contributed by atoms with Crippen molar-refractivity contribution in [1.29, 1.82) is 0 Å². The largest absolute Gasteiger partial charge is 0.276 e. The van der Waals surface area contributed by atoms with Crippen molar-refractivity contribution in [2.24, 2.45) is 0 Å². The summed E-state index contributed by atoms with van der Waals surface area (Å²) in [4.78, 5) is 13.0. The molecule has 0 fully saturated rings. The first-order valence-electron chi connectivity index (χ1n) is 4.25. The summed E-state index contributed by atoms with van der Waals surface area (Å²) in [6.45, 7) is 0. The summed E-state index contributed by atoms with van der Waals surface area (Å²) >= 11 is 11.4. The topological polar surface area (TPSA) is 17.1 Å². The summed E-state index contributed by atoms with van der Waals surface area (Å²) in [5.74, 6) is 0. The standard InChI is InChI=1S/C11H7ClOS2.Na/c12-11(13)7-3-4-9(14)8(6-7)10-2-1-5-15-10;/h1-6,14H;. The second kappa shape index (κ2) is 6.24. The number of carbonyl (C=O) groups is 1. The zero-order valence-corrected chi connectivity index (χ0v) is 13.1. The molecular formula is C11H7ClNaOS2. The average Bonchev–Trinajstić information content (AvgIpc) is 2.71. The van der Waals surface area contributed by atoms with Crippen molar-refractivity contribution in [2.45, 2.75) is 4.90 Å². The van der Waals surface area contributed by atoms with Crippen molar-refractivity contribution in [3.05, 3.63) is 41.3 Å². The van der Waals surface area contributed by atoms with Gasteiger partial charge in [-0.1, -0.05) is 6.07 Å². The molecule has 77 valence electrons. The van der Waals surface area contributed by atoms with Crippen LogP contribution in [0.25, 0.3) is 10.4 Å². The third-order valence-electron chi connectivity index (χ3n) is 2.01. The van der Waals surface area contributed by atoms with Gasteiger partial charge in [-0.3, -0.25) is 4.79 Å². The van der Waals surface area contributed by atoms with Gasteiger partial charge in [0.05, 0.1) is 0 Å². The van der Waals surface area contributed by atoms with Gasteiger partial charge in [0.1, 0.15) is 0 Å². The van der Waals surface area contributed by atoms with Crippen LogP contribution in [0.1, 0.15) is 10.4 Å². The monoisotopic (exact) mass is 277 g/mol. The predicted molar refractivity (Wildman–Crippen MR) is 72.9 cm³/mol. The van der Waals surface area contributed by atoms with Crippen LogP contribution in [0.2, 0.25) is 0 Å². The Hall–Kier alpha value is 0.230. The number of benzene rings is 1. The zero-order chi connectivity index (χ0) is 10.8. The minimum atomic E-state index is -0.443. The molecule has 16 heavy (non-hydrogen) atoms. The molecule has 2 rings (SSSR count). The molecule has 1 aromatic carbocycles. The molecule has 0 bridgehead atoms. The molecule has 0 spiro atoms. The normalized spacial score (nSPS) is 9.62. The Balaban J connectivity index is 0.00000128. The summed E-state index contributed by atoms with van der Waals surface area (Å²) < 4.78 is 0. The number of hydrogen-bond donors (Lipinski definition) is 1. The maximum absolute atomic E-state index is 11.0. The third kappa shape index (κ3) is 3.13. The quantitative estimate of drug-likeness (QED) is 0.503. The van der Waals surface area contributed by atoms with E-state index in [0.717, 1.165) is 15.3 Å². The van der Waals surface area contributed by atoms with Gasteiger partial charge in [-0.15, -0.1) is 24.0 Å². The minimum absolute atomic E-state index is 0. The molecule has 0 saturated carbocycles. The minimum Gasteiger partial charge on any atom is -0.276 e. The molecule has 1 radical (unpaired) electrons. The van der Waals surface area contributed by atoms with Gasteiger partial charge in [-0.2, -0.15) is 0 Å². The van der Waals surface area contributed by atoms with Crippen LogP contribution in [0, 0.1) is 0 Å². The number of hydrogen-bond acceptors (Lipinski definition) is 3. The Kier molecular flexibility index (Phi) is 5.57. The Morgan fingerprint density at radius 3 is 2.62 bits per heavy atom. The Morgan fingerprint density at radius 2 is 2.06 bits per heavy atom. The van der Waals surface area contributed by atoms with E-state index in [4.69, 9.17) is 11.6 Å². The molecule has 0 N–H and O–H groups in total. The van der Waals surface area contributed by atoms with Crippen LogP contribution >= 0.6 is 35.6 Å². The average molecular weight is 278 g/mol. The van der Waals surface area contributed by atoms with Crippen molar-refractivity contribution in [3.63, 3.8) is 0 Å². The van der Waals surface area contributed by atoms with E-state index in [9.17, 15) is 4.79 Å². The van der Waals surface area contributed by atoms with Gasteiger partial charge in [0.15, 0.2) is 0 Å². The Bertz CT molecular complexity index is 497. The van der Waals surface area contributed by atoms with Gasteiger partial charge in [0.2, 0.25) is 0 Å². The smallest absolute Gasteiger partial charge is 0.252 e. The maximum Gasteiger partial charge on any atom is 0.252 e. The first-order chi connectivity index (χ1) is 7.18. The van der Waals surface area contributed by atoms with E-state index in [0.29, 0.717) is 5.56 Å². The number of thiol groups is 1. The molecule has 0 saturated heterocycles. The van der Waals surface area contributed by atoms with E-state index in [1.54, 1.807) is 29.5 Å². The summed E-state index contributed by atoms with van der Waals surface area (Å²) in [5.41, 5.74) is 1.44. The van der Waals surface area contributed by atoms with E-state index in [1.165, 1.54) is 0 Å². The Labute approximate surface area is 131 Å². The van der Waals surface area contributed by atoms with Crippen LogP contribution in [-0.4, -0.2) is 34.8 Å². The van der Waals surface area contributed by atoms with Crippen LogP contribution in [0.5, 0.6) is 0 Å². The van der Waals surface area contributed by atoms with E-state index in [-0.39, 0.29) is 29.6 Å². The van der Waals surface area contributed by atoms with Gasteiger partial charge >= 0.3 is 0 Å². The molecule has 0 unspecified atom stereocenters. The van der Waals surface area contributed by atoms with Gasteiger partial charge < -0.3 is 0 Å². The van der Waals surface area contributed by atoms with E-state index >= 15 is 0 Å². The van der Waals surface area contributed by atoms with Gasteiger partial charge in [-0.25, -0.2) is 0 Å². The second-order valence-corrected chi connectivity index (χ2v) is 4.76. The fourth-order valence-corrected chi connectivity index (χ4v) is 2.50. The zero-order valence-electron chi connectivity index (χ0n) is 8.61. The summed E-state index contributed by atoms with van der Waals surface area (Å²) in [5, 5.41) is 1.54. The number of carbonyl (C=O) groups excluding carboxylic acids is 1. The van der Waals surface area contributed by atoms with Crippen molar-refractivity contribution in [3.8, 4) is 10.4 Å². The molecule has 0 amide bonds. The SMILES string of the molecule is O=C(Cl)c1ccc(S)c(-c2cccs2)c1.[Na]. The molecule has 5 heteroatoms. The summed E-state index contributed by atoms with van der Waals surface area (Å²) in [6, 6.07) is 9.18. The fourth-order valence-electron chi connectivity index (χ4n) is 1.29. The van der Waals surface area contributed by atoms with Crippen molar-refractivity contribution < 1.29 is 4.79 Å². The first kappa shape index (κ1) is 14.3. The second-order valence-electron chi connectivity index (χ2n) is 2.98. The third-order valence-corrected chi connectivity index (χ3v) is 3.52. The number of rotatable bonds is 2. The summed E-state index contributed by atoms with van der Waals surface area (Å²) in [7, 11) is 0. The summed E-state index contributed by atoms with van der Waals surface area (Å²) in [6.07, 6.45) is 0. The van der Waals surface area contributed by atoms with Gasteiger partial charge in [-0.05, 0) is 41.2 Å². The van der Waals surface area contributed by atoms with Gasteiger partial charge in [0.25, 0.3) is 5.24 Å². The van der Waals surface area contributed by atoms with Crippen LogP contribution in [0.4, 0.5) is 0 Å². The van der Waals surface area contributed by atoms with Crippen LogP contribution in [-0.2, 0) is 0 Å².